The highest BCUT2D eigenvalue weighted by atomic mass is 16.7. The second kappa shape index (κ2) is 4.15. The second-order valence-electron chi connectivity index (χ2n) is 4.90. The normalized spacial score (nSPS) is 33.7. The van der Waals surface area contributed by atoms with E-state index in [-0.39, 0.29) is 5.78 Å². The van der Waals surface area contributed by atoms with Crippen LogP contribution in [0.5, 0.6) is 0 Å². The quantitative estimate of drug-likeness (QED) is 0.491. The summed E-state index contributed by atoms with van der Waals surface area (Å²) in [5, 5.41) is 10.3. The van der Waals surface area contributed by atoms with Crippen molar-refractivity contribution in [3.8, 4) is 0 Å². The van der Waals surface area contributed by atoms with Crippen LogP contribution >= 0.6 is 0 Å². The molecule has 1 N–H and O–H groups in total. The lowest BCUT2D eigenvalue weighted by atomic mass is 9.91. The van der Waals surface area contributed by atoms with Crippen LogP contribution in [0.3, 0.4) is 0 Å². The summed E-state index contributed by atoms with van der Waals surface area (Å²) >= 11 is 0. The average Bonchev–Trinajstić information content (AvgIpc) is 3.12. The van der Waals surface area contributed by atoms with E-state index in [0.29, 0.717) is 12.0 Å². The molecule has 1 aliphatic carbocycles. The number of aliphatic hydroxyl groups excluding tert-OH is 1. The van der Waals surface area contributed by atoms with Crippen molar-refractivity contribution in [3.05, 3.63) is 35.9 Å². The molecule has 1 saturated heterocycles. The topological polar surface area (TPSA) is 76.1 Å². The molecular weight excluding hydrogens is 248 g/mol. The molecule has 1 aliphatic heterocycles. The van der Waals surface area contributed by atoms with Crippen LogP contribution in [-0.4, -0.2) is 35.7 Å². The van der Waals surface area contributed by atoms with E-state index < -0.39 is 29.7 Å². The zero-order chi connectivity index (χ0) is 13.6. The van der Waals surface area contributed by atoms with Gasteiger partial charge in [-0.2, -0.15) is 0 Å². The monoisotopic (exact) mass is 262 g/mol. The van der Waals surface area contributed by atoms with E-state index in [9.17, 15) is 14.7 Å². The van der Waals surface area contributed by atoms with Gasteiger partial charge in [0.05, 0.1) is 19.1 Å². The third-order valence-corrected chi connectivity index (χ3v) is 3.91. The highest BCUT2D eigenvalue weighted by Gasteiger charge is 2.75. The van der Waals surface area contributed by atoms with Crippen molar-refractivity contribution in [2.24, 2.45) is 5.92 Å². The number of hydrogen-bond donors (Lipinski definition) is 1. The predicted octanol–water partition coefficient (Wildman–Crippen LogP) is 0.620. The van der Waals surface area contributed by atoms with Crippen LogP contribution in [0.1, 0.15) is 18.1 Å². The van der Waals surface area contributed by atoms with E-state index in [0.717, 1.165) is 0 Å². The SMILES string of the molecule is COC(=O)C12OC1CC(C(O)c1ccccc1)C2=O. The lowest BCUT2D eigenvalue weighted by Crippen LogP contribution is -2.37. The maximum absolute atomic E-state index is 12.3. The Kier molecular flexibility index (Phi) is 2.69. The summed E-state index contributed by atoms with van der Waals surface area (Å²) in [5.41, 5.74) is -0.781. The predicted molar refractivity (Wildman–Crippen MR) is 64.1 cm³/mol. The van der Waals surface area contributed by atoms with Gasteiger partial charge < -0.3 is 14.6 Å². The molecule has 0 amide bonds. The number of benzene rings is 1. The molecule has 0 radical (unpaired) electrons. The number of rotatable bonds is 3. The molecule has 1 saturated carbocycles. The minimum atomic E-state index is -1.45. The van der Waals surface area contributed by atoms with Gasteiger partial charge in [-0.25, -0.2) is 4.79 Å². The van der Waals surface area contributed by atoms with Crippen LogP contribution in [0.2, 0.25) is 0 Å². The van der Waals surface area contributed by atoms with Crippen LogP contribution in [-0.2, 0) is 19.1 Å². The van der Waals surface area contributed by atoms with Crippen molar-refractivity contribution < 1.29 is 24.2 Å². The van der Waals surface area contributed by atoms with Gasteiger partial charge >= 0.3 is 5.97 Å². The largest absolute Gasteiger partial charge is 0.466 e. The minimum Gasteiger partial charge on any atom is -0.466 e. The van der Waals surface area contributed by atoms with Crippen LogP contribution in [0.15, 0.2) is 30.3 Å². The molecule has 1 aromatic carbocycles. The Morgan fingerprint density at radius 1 is 1.47 bits per heavy atom. The van der Waals surface area contributed by atoms with Crippen molar-refractivity contribution in [3.63, 3.8) is 0 Å². The fraction of sp³-hybridized carbons (Fsp3) is 0.429. The zero-order valence-corrected chi connectivity index (χ0v) is 10.4. The average molecular weight is 262 g/mol. The maximum Gasteiger partial charge on any atom is 0.348 e. The summed E-state index contributed by atoms with van der Waals surface area (Å²) in [6.07, 6.45) is -1.01. The number of epoxide rings is 1. The number of carbonyl (C=O) groups excluding carboxylic acids is 2. The lowest BCUT2D eigenvalue weighted by Gasteiger charge is -2.19. The highest BCUT2D eigenvalue weighted by Crippen LogP contribution is 2.53. The van der Waals surface area contributed by atoms with Crippen LogP contribution in [0, 0.1) is 5.92 Å². The number of methoxy groups -OCH3 is 1. The number of carbonyl (C=O) groups is 2. The van der Waals surface area contributed by atoms with E-state index in [2.05, 4.69) is 4.74 Å². The fourth-order valence-corrected chi connectivity index (χ4v) is 2.82. The molecule has 2 fully saturated rings. The van der Waals surface area contributed by atoms with E-state index in [1.54, 1.807) is 24.3 Å². The molecule has 0 bridgehead atoms. The van der Waals surface area contributed by atoms with Gasteiger partial charge in [0.25, 0.3) is 5.60 Å². The summed E-state index contributed by atoms with van der Waals surface area (Å²) in [7, 11) is 1.23. The molecule has 1 aromatic rings. The van der Waals surface area contributed by atoms with E-state index >= 15 is 0 Å². The van der Waals surface area contributed by atoms with Gasteiger partial charge in [0.1, 0.15) is 6.10 Å². The van der Waals surface area contributed by atoms with Crippen molar-refractivity contribution in [2.45, 2.75) is 24.2 Å². The molecule has 1 heterocycles. The van der Waals surface area contributed by atoms with Gasteiger partial charge in [0.15, 0.2) is 5.78 Å². The van der Waals surface area contributed by atoms with Crippen molar-refractivity contribution in [1.82, 2.24) is 0 Å². The lowest BCUT2D eigenvalue weighted by molar-refractivity contribution is -0.153. The fourth-order valence-electron chi connectivity index (χ4n) is 2.82. The van der Waals surface area contributed by atoms with Crippen LogP contribution in [0.25, 0.3) is 0 Å². The Morgan fingerprint density at radius 3 is 2.79 bits per heavy atom. The molecule has 3 rings (SSSR count). The molecule has 5 heteroatoms. The minimum absolute atomic E-state index is 0.351. The molecule has 2 aliphatic rings. The Labute approximate surface area is 110 Å². The first-order chi connectivity index (χ1) is 9.11. The smallest absolute Gasteiger partial charge is 0.348 e. The number of hydrogen-bond acceptors (Lipinski definition) is 5. The van der Waals surface area contributed by atoms with E-state index in [4.69, 9.17) is 4.74 Å². The van der Waals surface area contributed by atoms with Crippen molar-refractivity contribution in [2.75, 3.05) is 7.11 Å². The maximum atomic E-state index is 12.3. The standard InChI is InChI=1S/C14H14O5/c1-18-13(17)14-10(19-14)7-9(12(14)16)11(15)8-5-3-2-4-6-8/h2-6,9-11,15H,7H2,1H3. The highest BCUT2D eigenvalue weighted by molar-refractivity contribution is 6.14. The molecule has 4 unspecified atom stereocenters. The summed E-state index contributed by atoms with van der Waals surface area (Å²) in [5.74, 6) is -1.65. The molecule has 5 nitrogen and oxygen atoms in total. The molecule has 4 atom stereocenters. The van der Waals surface area contributed by atoms with Gasteiger partial charge in [0.2, 0.25) is 0 Å². The number of Topliss-reactive ketones (excluding diaryl/α,β-unsaturated/α-hetero) is 1. The number of esters is 1. The molecule has 0 aromatic heterocycles. The number of fused-ring (bicyclic) bond motifs is 1. The first-order valence-electron chi connectivity index (χ1n) is 6.15. The van der Waals surface area contributed by atoms with Gasteiger partial charge in [-0.05, 0) is 12.0 Å². The Hall–Kier alpha value is -1.72. The molecular formula is C14H14O5. The Bertz CT molecular complexity index is 526. The number of ketones is 1. The number of aliphatic hydroxyl groups is 1. The van der Waals surface area contributed by atoms with Crippen LogP contribution in [0.4, 0.5) is 0 Å². The Balaban J connectivity index is 1.83. The number of ether oxygens (including phenoxy) is 2. The molecule has 100 valence electrons. The van der Waals surface area contributed by atoms with Crippen LogP contribution < -0.4 is 0 Å². The van der Waals surface area contributed by atoms with Gasteiger partial charge in [-0.1, -0.05) is 30.3 Å². The van der Waals surface area contributed by atoms with Gasteiger partial charge in [-0.15, -0.1) is 0 Å². The summed E-state index contributed by atoms with van der Waals surface area (Å²) in [4.78, 5) is 23.9. The van der Waals surface area contributed by atoms with Crippen molar-refractivity contribution >= 4 is 11.8 Å². The third-order valence-electron chi connectivity index (χ3n) is 3.91. The Morgan fingerprint density at radius 2 is 2.16 bits per heavy atom. The molecule has 19 heavy (non-hydrogen) atoms. The third kappa shape index (κ3) is 1.62. The van der Waals surface area contributed by atoms with Gasteiger partial charge in [-0.3, -0.25) is 4.79 Å². The van der Waals surface area contributed by atoms with E-state index in [1.165, 1.54) is 7.11 Å². The first-order valence-corrected chi connectivity index (χ1v) is 6.15. The summed E-state index contributed by atoms with van der Waals surface area (Å²) in [6, 6.07) is 8.95. The second-order valence-corrected chi connectivity index (χ2v) is 4.90. The molecule has 0 spiro atoms. The van der Waals surface area contributed by atoms with Gasteiger partial charge in [0, 0.05) is 0 Å². The van der Waals surface area contributed by atoms with E-state index in [1.807, 2.05) is 6.07 Å². The van der Waals surface area contributed by atoms with Crippen molar-refractivity contribution in [1.29, 1.82) is 0 Å². The summed E-state index contributed by atoms with van der Waals surface area (Å²) < 4.78 is 9.80. The summed E-state index contributed by atoms with van der Waals surface area (Å²) in [6.45, 7) is 0. The zero-order valence-electron chi connectivity index (χ0n) is 10.4. The first kappa shape index (κ1) is 12.3.